The summed E-state index contributed by atoms with van der Waals surface area (Å²) in [5, 5.41) is 17.2. The molecule has 0 radical (unpaired) electrons. The molecule has 1 rings (SSSR count). The fraction of sp³-hybridized carbons (Fsp3) is 0.214. The van der Waals surface area contributed by atoms with Crippen LogP contribution in [0.2, 0.25) is 0 Å². The number of carboxylic acid groups (broad SMARTS) is 1. The van der Waals surface area contributed by atoms with Crippen LogP contribution in [-0.2, 0) is 25.7 Å². The molecule has 0 bridgehead atoms. The summed E-state index contributed by atoms with van der Waals surface area (Å²) in [5.74, 6) is -2.53. The first-order valence-corrected chi connectivity index (χ1v) is 5.97. The number of rotatable bonds is 7. The second kappa shape index (κ2) is 8.49. The molecule has 0 atom stereocenters. The van der Waals surface area contributed by atoms with Gasteiger partial charge in [-0.3, -0.25) is 0 Å². The Kier molecular flexibility index (Phi) is 6.62. The summed E-state index contributed by atoms with van der Waals surface area (Å²) in [5.41, 5.74) is 0.751. The van der Waals surface area contributed by atoms with Crippen LogP contribution in [0.3, 0.4) is 0 Å². The monoisotopic (exact) mass is 294 g/mol. The standard InChI is InChI=1S/C14H14O7/c15-7-8-20-12(16)5-6-13(17)21-9-10-1-3-11(4-2-10)14(18)19/h1-6,15H,7-9H2,(H,18,19)/b6-5-. The Morgan fingerprint density at radius 3 is 2.10 bits per heavy atom. The number of hydrogen-bond acceptors (Lipinski definition) is 6. The minimum absolute atomic E-state index is 0.0469. The van der Waals surface area contributed by atoms with Gasteiger partial charge >= 0.3 is 17.9 Å². The van der Waals surface area contributed by atoms with Gasteiger partial charge in [0.2, 0.25) is 0 Å². The van der Waals surface area contributed by atoms with Gasteiger partial charge in [0.25, 0.3) is 0 Å². The lowest BCUT2D eigenvalue weighted by Crippen LogP contribution is -2.07. The van der Waals surface area contributed by atoms with Gasteiger partial charge < -0.3 is 19.7 Å². The van der Waals surface area contributed by atoms with E-state index in [2.05, 4.69) is 4.74 Å². The first-order valence-electron chi connectivity index (χ1n) is 5.97. The van der Waals surface area contributed by atoms with Crippen LogP contribution in [0.1, 0.15) is 15.9 Å². The Bertz CT molecular complexity index is 531. The number of aliphatic hydroxyl groups excluding tert-OH is 1. The van der Waals surface area contributed by atoms with Crippen LogP contribution >= 0.6 is 0 Å². The third-order valence-corrected chi connectivity index (χ3v) is 2.27. The molecule has 0 saturated heterocycles. The molecule has 0 unspecified atom stereocenters. The highest BCUT2D eigenvalue weighted by Gasteiger charge is 2.04. The van der Waals surface area contributed by atoms with E-state index < -0.39 is 17.9 Å². The molecule has 21 heavy (non-hydrogen) atoms. The minimum Gasteiger partial charge on any atom is -0.478 e. The summed E-state index contributed by atoms with van der Waals surface area (Å²) in [7, 11) is 0. The molecule has 0 spiro atoms. The van der Waals surface area contributed by atoms with Gasteiger partial charge in [0.05, 0.1) is 12.2 Å². The van der Waals surface area contributed by atoms with E-state index in [4.69, 9.17) is 14.9 Å². The van der Waals surface area contributed by atoms with Crippen molar-refractivity contribution < 1.29 is 34.1 Å². The molecule has 7 nitrogen and oxygen atoms in total. The molecule has 112 valence electrons. The first-order chi connectivity index (χ1) is 10.0. The van der Waals surface area contributed by atoms with Gasteiger partial charge in [-0.2, -0.15) is 0 Å². The Hall–Kier alpha value is -2.67. The molecule has 2 N–H and O–H groups in total. The quantitative estimate of drug-likeness (QED) is 0.557. The molecule has 0 aliphatic carbocycles. The highest BCUT2D eigenvalue weighted by molar-refractivity contribution is 5.91. The molecule has 0 fully saturated rings. The predicted octanol–water partition coefficient (Wildman–Crippen LogP) is 0.520. The Balaban J connectivity index is 2.40. The lowest BCUT2D eigenvalue weighted by atomic mass is 10.1. The maximum Gasteiger partial charge on any atom is 0.335 e. The van der Waals surface area contributed by atoms with Gasteiger partial charge in [-0.15, -0.1) is 0 Å². The predicted molar refractivity (Wildman–Crippen MR) is 70.4 cm³/mol. The molecule has 0 aliphatic heterocycles. The van der Waals surface area contributed by atoms with Crippen molar-refractivity contribution in [3.05, 3.63) is 47.5 Å². The third kappa shape index (κ3) is 6.35. The van der Waals surface area contributed by atoms with Gasteiger partial charge in [0, 0.05) is 12.2 Å². The number of aliphatic hydroxyl groups is 1. The van der Waals surface area contributed by atoms with Crippen LogP contribution in [-0.4, -0.2) is 41.3 Å². The molecule has 0 amide bonds. The average Bonchev–Trinajstić information content (AvgIpc) is 2.49. The number of carbonyl (C=O) groups excluding carboxylic acids is 2. The number of carbonyl (C=O) groups is 3. The van der Waals surface area contributed by atoms with E-state index in [1.165, 1.54) is 24.3 Å². The van der Waals surface area contributed by atoms with Crippen LogP contribution in [0.25, 0.3) is 0 Å². The van der Waals surface area contributed by atoms with E-state index in [1.807, 2.05) is 0 Å². The van der Waals surface area contributed by atoms with E-state index in [-0.39, 0.29) is 25.4 Å². The lowest BCUT2D eigenvalue weighted by Gasteiger charge is -2.03. The average molecular weight is 294 g/mol. The van der Waals surface area contributed by atoms with Gasteiger partial charge in [0.15, 0.2) is 0 Å². The third-order valence-electron chi connectivity index (χ3n) is 2.27. The van der Waals surface area contributed by atoms with Crippen molar-refractivity contribution in [1.82, 2.24) is 0 Å². The largest absolute Gasteiger partial charge is 0.478 e. The zero-order valence-electron chi connectivity index (χ0n) is 11.0. The Labute approximate surface area is 120 Å². The smallest absolute Gasteiger partial charge is 0.335 e. The van der Waals surface area contributed by atoms with Gasteiger partial charge in [0.1, 0.15) is 13.2 Å². The highest BCUT2D eigenvalue weighted by Crippen LogP contribution is 2.06. The van der Waals surface area contributed by atoms with E-state index in [0.29, 0.717) is 5.56 Å². The summed E-state index contributed by atoms with van der Waals surface area (Å²) < 4.78 is 9.35. The van der Waals surface area contributed by atoms with E-state index >= 15 is 0 Å². The summed E-state index contributed by atoms with van der Waals surface area (Å²) >= 11 is 0. The lowest BCUT2D eigenvalue weighted by molar-refractivity contribution is -0.141. The van der Waals surface area contributed by atoms with Gasteiger partial charge in [-0.05, 0) is 17.7 Å². The molecular weight excluding hydrogens is 280 g/mol. The van der Waals surface area contributed by atoms with Crippen LogP contribution < -0.4 is 0 Å². The summed E-state index contributed by atoms with van der Waals surface area (Å²) in [6.45, 7) is -0.487. The zero-order valence-corrected chi connectivity index (χ0v) is 11.0. The molecular formula is C14H14O7. The van der Waals surface area contributed by atoms with Crippen LogP contribution in [0, 0.1) is 0 Å². The van der Waals surface area contributed by atoms with Crippen molar-refractivity contribution in [3.8, 4) is 0 Å². The number of carboxylic acids is 1. The summed E-state index contributed by atoms with van der Waals surface area (Å²) in [4.78, 5) is 33.0. The fourth-order valence-electron chi connectivity index (χ4n) is 1.28. The minimum atomic E-state index is -1.04. The van der Waals surface area contributed by atoms with Crippen molar-refractivity contribution in [2.24, 2.45) is 0 Å². The molecule has 1 aromatic carbocycles. The van der Waals surface area contributed by atoms with Crippen LogP contribution in [0.4, 0.5) is 0 Å². The summed E-state index contributed by atoms with van der Waals surface area (Å²) in [6.07, 6.45) is 1.80. The number of aromatic carboxylic acids is 1. The molecule has 0 aliphatic rings. The number of ether oxygens (including phenoxy) is 2. The molecule has 0 heterocycles. The highest BCUT2D eigenvalue weighted by atomic mass is 16.5. The Morgan fingerprint density at radius 2 is 1.57 bits per heavy atom. The molecule has 0 aromatic heterocycles. The van der Waals surface area contributed by atoms with Crippen molar-refractivity contribution in [3.63, 3.8) is 0 Å². The maximum atomic E-state index is 11.3. The second-order valence-electron chi connectivity index (χ2n) is 3.83. The topological polar surface area (TPSA) is 110 Å². The van der Waals surface area contributed by atoms with Crippen molar-refractivity contribution in [2.45, 2.75) is 6.61 Å². The normalized spacial score (nSPS) is 10.3. The Morgan fingerprint density at radius 1 is 1.00 bits per heavy atom. The van der Waals surface area contributed by atoms with Crippen LogP contribution in [0.5, 0.6) is 0 Å². The van der Waals surface area contributed by atoms with Crippen molar-refractivity contribution in [2.75, 3.05) is 13.2 Å². The number of hydrogen-bond donors (Lipinski definition) is 2. The SMILES string of the molecule is O=C(/C=C\C(=O)OCc1ccc(C(=O)O)cc1)OCCO. The van der Waals surface area contributed by atoms with E-state index in [9.17, 15) is 14.4 Å². The molecule has 0 saturated carbocycles. The molecule has 1 aromatic rings. The second-order valence-corrected chi connectivity index (χ2v) is 3.83. The van der Waals surface area contributed by atoms with E-state index in [1.54, 1.807) is 0 Å². The molecule has 7 heteroatoms. The van der Waals surface area contributed by atoms with Gasteiger partial charge in [-0.1, -0.05) is 12.1 Å². The zero-order chi connectivity index (χ0) is 15.7. The number of esters is 2. The van der Waals surface area contributed by atoms with E-state index in [0.717, 1.165) is 12.2 Å². The van der Waals surface area contributed by atoms with Crippen molar-refractivity contribution in [1.29, 1.82) is 0 Å². The van der Waals surface area contributed by atoms with Gasteiger partial charge in [-0.25, -0.2) is 14.4 Å². The number of benzene rings is 1. The first kappa shape index (κ1) is 16.4. The van der Waals surface area contributed by atoms with Crippen LogP contribution in [0.15, 0.2) is 36.4 Å². The maximum absolute atomic E-state index is 11.3. The van der Waals surface area contributed by atoms with Crippen molar-refractivity contribution >= 4 is 17.9 Å². The summed E-state index contributed by atoms with van der Waals surface area (Å²) in [6, 6.07) is 5.84. The fourth-order valence-corrected chi connectivity index (χ4v) is 1.28.